The van der Waals surface area contributed by atoms with Crippen LogP contribution in [0.1, 0.15) is 43.1 Å². The predicted octanol–water partition coefficient (Wildman–Crippen LogP) is 2.95. The minimum Gasteiger partial charge on any atom is -0.304 e. The van der Waals surface area contributed by atoms with Crippen molar-refractivity contribution in [2.75, 3.05) is 0 Å². The zero-order valence-corrected chi connectivity index (χ0v) is 9.33. The van der Waals surface area contributed by atoms with Crippen molar-refractivity contribution in [3.8, 4) is 0 Å². The van der Waals surface area contributed by atoms with Gasteiger partial charge in [-0.3, -0.25) is 0 Å². The number of rotatable bonds is 1. The van der Waals surface area contributed by atoms with Crippen LogP contribution in [0, 0.1) is 0 Å². The van der Waals surface area contributed by atoms with E-state index in [1.807, 2.05) is 0 Å². The van der Waals surface area contributed by atoms with Gasteiger partial charge in [0.15, 0.2) is 0 Å². The van der Waals surface area contributed by atoms with Crippen molar-refractivity contribution < 1.29 is 0 Å². The van der Waals surface area contributed by atoms with E-state index in [2.05, 4.69) is 36.6 Å². The van der Waals surface area contributed by atoms with Gasteiger partial charge in [0.2, 0.25) is 0 Å². The molecular weight excluding hydrogens is 184 g/mol. The summed E-state index contributed by atoms with van der Waals surface area (Å²) >= 11 is 0. The maximum atomic E-state index is 4.70. The van der Waals surface area contributed by atoms with Gasteiger partial charge in [-0.05, 0) is 42.9 Å². The van der Waals surface area contributed by atoms with Gasteiger partial charge in [-0.15, -0.1) is 0 Å². The van der Waals surface area contributed by atoms with Crippen molar-refractivity contribution in [3.63, 3.8) is 0 Å². The fourth-order valence-corrected chi connectivity index (χ4v) is 2.41. The minimum absolute atomic E-state index is 0.585. The molecule has 0 radical (unpaired) electrons. The van der Waals surface area contributed by atoms with Gasteiger partial charge in [-0.2, -0.15) is 0 Å². The SMILES string of the molecule is CC(C)c1ccn2c3c(nc2c1)CCC3. The average Bonchev–Trinajstić information content (AvgIpc) is 2.75. The molecule has 15 heavy (non-hydrogen) atoms. The van der Waals surface area contributed by atoms with E-state index in [0.717, 1.165) is 12.1 Å². The zero-order valence-electron chi connectivity index (χ0n) is 9.33. The molecule has 0 N–H and O–H groups in total. The maximum absolute atomic E-state index is 4.70. The summed E-state index contributed by atoms with van der Waals surface area (Å²) in [4.78, 5) is 4.70. The third-order valence-electron chi connectivity index (χ3n) is 3.33. The van der Waals surface area contributed by atoms with E-state index in [4.69, 9.17) is 4.98 Å². The second-order valence-electron chi connectivity index (χ2n) is 4.70. The summed E-state index contributed by atoms with van der Waals surface area (Å²) < 4.78 is 2.26. The normalized spacial score (nSPS) is 15.1. The summed E-state index contributed by atoms with van der Waals surface area (Å²) in [6, 6.07) is 4.45. The fraction of sp³-hybridized carbons (Fsp3) is 0.462. The number of hydrogen-bond acceptors (Lipinski definition) is 1. The molecule has 0 aliphatic heterocycles. The summed E-state index contributed by atoms with van der Waals surface area (Å²) in [6.07, 6.45) is 5.81. The van der Waals surface area contributed by atoms with Crippen LogP contribution in [0.25, 0.3) is 5.65 Å². The van der Waals surface area contributed by atoms with Crippen LogP contribution in [-0.2, 0) is 12.8 Å². The first-order valence-electron chi connectivity index (χ1n) is 5.75. The van der Waals surface area contributed by atoms with Gasteiger partial charge in [-0.25, -0.2) is 4.98 Å². The maximum Gasteiger partial charge on any atom is 0.137 e. The largest absolute Gasteiger partial charge is 0.304 e. The van der Waals surface area contributed by atoms with Gasteiger partial charge in [0.25, 0.3) is 0 Å². The van der Waals surface area contributed by atoms with E-state index in [0.29, 0.717) is 5.92 Å². The number of nitrogens with zero attached hydrogens (tertiary/aromatic N) is 2. The summed E-state index contributed by atoms with van der Waals surface area (Å²) in [5.41, 5.74) is 5.26. The van der Waals surface area contributed by atoms with Crippen LogP contribution in [0.5, 0.6) is 0 Å². The van der Waals surface area contributed by atoms with Gasteiger partial charge < -0.3 is 4.40 Å². The average molecular weight is 200 g/mol. The Kier molecular flexibility index (Phi) is 1.84. The van der Waals surface area contributed by atoms with Crippen molar-refractivity contribution >= 4 is 5.65 Å². The molecule has 0 bridgehead atoms. The highest BCUT2D eigenvalue weighted by Gasteiger charge is 2.17. The molecule has 1 aliphatic carbocycles. The molecule has 0 spiro atoms. The molecule has 0 unspecified atom stereocenters. The third-order valence-corrected chi connectivity index (χ3v) is 3.33. The smallest absolute Gasteiger partial charge is 0.137 e. The van der Waals surface area contributed by atoms with E-state index in [1.54, 1.807) is 0 Å². The van der Waals surface area contributed by atoms with E-state index >= 15 is 0 Å². The topological polar surface area (TPSA) is 17.3 Å². The quantitative estimate of drug-likeness (QED) is 0.691. The lowest BCUT2D eigenvalue weighted by Crippen LogP contribution is -1.93. The van der Waals surface area contributed by atoms with Gasteiger partial charge in [0, 0.05) is 11.9 Å². The van der Waals surface area contributed by atoms with Crippen molar-refractivity contribution in [2.24, 2.45) is 0 Å². The highest BCUT2D eigenvalue weighted by molar-refractivity contribution is 5.47. The van der Waals surface area contributed by atoms with Crippen LogP contribution in [-0.4, -0.2) is 9.38 Å². The van der Waals surface area contributed by atoms with E-state index < -0.39 is 0 Å². The van der Waals surface area contributed by atoms with Crippen LogP contribution in [0.15, 0.2) is 18.3 Å². The Morgan fingerprint density at radius 2 is 2.20 bits per heavy atom. The van der Waals surface area contributed by atoms with Gasteiger partial charge in [-0.1, -0.05) is 13.8 Å². The Morgan fingerprint density at radius 3 is 3.00 bits per heavy atom. The molecule has 2 nitrogen and oxygen atoms in total. The monoisotopic (exact) mass is 200 g/mol. The van der Waals surface area contributed by atoms with Gasteiger partial charge in [0.1, 0.15) is 5.65 Å². The van der Waals surface area contributed by atoms with Crippen LogP contribution in [0.4, 0.5) is 0 Å². The first-order valence-corrected chi connectivity index (χ1v) is 5.75. The molecule has 0 saturated heterocycles. The molecule has 0 amide bonds. The number of hydrogen-bond donors (Lipinski definition) is 0. The lowest BCUT2D eigenvalue weighted by Gasteiger charge is -2.05. The molecule has 0 atom stereocenters. The highest BCUT2D eigenvalue weighted by Crippen LogP contribution is 2.24. The second-order valence-corrected chi connectivity index (χ2v) is 4.70. The second kappa shape index (κ2) is 3.09. The standard InChI is InChI=1S/C13H16N2/c1-9(2)10-6-7-15-12-5-3-4-11(12)14-13(15)8-10/h6-9H,3-5H2,1-2H3. The minimum atomic E-state index is 0.585. The zero-order chi connectivity index (χ0) is 10.4. The summed E-state index contributed by atoms with van der Waals surface area (Å²) in [7, 11) is 0. The van der Waals surface area contributed by atoms with E-state index in [1.165, 1.54) is 29.8 Å². The first kappa shape index (κ1) is 8.96. The number of aromatic nitrogens is 2. The lowest BCUT2D eigenvalue weighted by atomic mass is 10.1. The summed E-state index contributed by atoms with van der Waals surface area (Å²) in [5.74, 6) is 0.585. The molecule has 2 aromatic rings. The summed E-state index contributed by atoms with van der Waals surface area (Å²) in [6.45, 7) is 4.45. The first-order chi connectivity index (χ1) is 7.25. The molecule has 0 fully saturated rings. The van der Waals surface area contributed by atoms with Crippen LogP contribution >= 0.6 is 0 Å². The number of fused-ring (bicyclic) bond motifs is 3. The van der Waals surface area contributed by atoms with Crippen molar-refractivity contribution in [2.45, 2.75) is 39.0 Å². The number of imidazole rings is 1. The van der Waals surface area contributed by atoms with E-state index in [9.17, 15) is 0 Å². The number of pyridine rings is 1. The number of aryl methyl sites for hydroxylation is 2. The molecule has 2 heteroatoms. The Labute approximate surface area is 90.0 Å². The van der Waals surface area contributed by atoms with E-state index in [-0.39, 0.29) is 0 Å². The van der Waals surface area contributed by atoms with Crippen LogP contribution in [0.3, 0.4) is 0 Å². The molecule has 3 rings (SSSR count). The van der Waals surface area contributed by atoms with Crippen LogP contribution < -0.4 is 0 Å². The molecule has 2 aromatic heterocycles. The van der Waals surface area contributed by atoms with Crippen molar-refractivity contribution in [3.05, 3.63) is 35.3 Å². The molecule has 1 aliphatic rings. The van der Waals surface area contributed by atoms with Gasteiger partial charge >= 0.3 is 0 Å². The molecular formula is C13H16N2. The van der Waals surface area contributed by atoms with Crippen LogP contribution in [0.2, 0.25) is 0 Å². The molecule has 78 valence electrons. The Balaban J connectivity index is 2.22. The lowest BCUT2D eigenvalue weighted by molar-refractivity contribution is 0.848. The molecule has 0 aromatic carbocycles. The summed E-state index contributed by atoms with van der Waals surface area (Å²) in [5, 5.41) is 0. The predicted molar refractivity (Wildman–Crippen MR) is 61.3 cm³/mol. The van der Waals surface area contributed by atoms with Crippen molar-refractivity contribution in [1.82, 2.24) is 9.38 Å². The Morgan fingerprint density at radius 1 is 1.33 bits per heavy atom. The Hall–Kier alpha value is -1.31. The molecule has 0 saturated carbocycles. The fourth-order valence-electron chi connectivity index (χ4n) is 2.41. The third kappa shape index (κ3) is 1.28. The van der Waals surface area contributed by atoms with Crippen molar-refractivity contribution in [1.29, 1.82) is 0 Å². The highest BCUT2D eigenvalue weighted by atomic mass is 15.0. The van der Waals surface area contributed by atoms with Gasteiger partial charge in [0.05, 0.1) is 5.69 Å². The Bertz CT molecular complexity index is 508. The molecule has 2 heterocycles.